The second-order valence-corrected chi connectivity index (χ2v) is 5.79. The molecule has 0 spiro atoms. The van der Waals surface area contributed by atoms with E-state index in [4.69, 9.17) is 5.11 Å². The van der Waals surface area contributed by atoms with Crippen molar-refractivity contribution >= 4 is 23.6 Å². The number of aromatic nitrogens is 2. The summed E-state index contributed by atoms with van der Waals surface area (Å²) in [4.78, 5) is 31.2. The molecule has 0 aromatic carbocycles. The predicted molar refractivity (Wildman–Crippen MR) is 76.6 cm³/mol. The van der Waals surface area contributed by atoms with E-state index in [9.17, 15) is 9.59 Å². The second kappa shape index (κ2) is 7.23. The fourth-order valence-electron chi connectivity index (χ4n) is 1.62. The van der Waals surface area contributed by atoms with Gasteiger partial charge in [0.15, 0.2) is 5.16 Å². The minimum atomic E-state index is -1.03. The van der Waals surface area contributed by atoms with Gasteiger partial charge in [-0.25, -0.2) is 14.8 Å². The second-order valence-electron chi connectivity index (χ2n) is 4.85. The fraction of sp³-hybridized carbons (Fsp3) is 0.538. The van der Waals surface area contributed by atoms with Crippen molar-refractivity contribution in [2.45, 2.75) is 38.9 Å². The first-order valence-electron chi connectivity index (χ1n) is 6.27. The van der Waals surface area contributed by atoms with Gasteiger partial charge in [-0.05, 0) is 25.8 Å². The van der Waals surface area contributed by atoms with Crippen molar-refractivity contribution in [3.8, 4) is 0 Å². The van der Waals surface area contributed by atoms with E-state index in [1.807, 2.05) is 19.9 Å². The average Bonchev–Trinajstić information content (AvgIpc) is 2.31. The number of rotatable bonds is 6. The van der Waals surface area contributed by atoms with Crippen molar-refractivity contribution in [1.29, 1.82) is 0 Å². The number of nitrogens with one attached hydrogen (secondary N) is 1. The number of hydrogen-bond donors (Lipinski definition) is 2. The first-order chi connectivity index (χ1) is 9.29. The zero-order chi connectivity index (χ0) is 15.3. The molecule has 0 fully saturated rings. The summed E-state index contributed by atoms with van der Waals surface area (Å²) >= 11 is 1.20. The smallest absolute Gasteiger partial charge is 0.326 e. The molecular formula is C13H19N3O3S. The SMILES string of the molecule is Cc1cc(C)nc(SCC(=O)N[C@H](C(=O)O)C(C)C)n1. The van der Waals surface area contributed by atoms with Crippen LogP contribution in [0.25, 0.3) is 0 Å². The highest BCUT2D eigenvalue weighted by molar-refractivity contribution is 7.99. The minimum Gasteiger partial charge on any atom is -0.480 e. The summed E-state index contributed by atoms with van der Waals surface area (Å²) in [6.07, 6.45) is 0. The first-order valence-corrected chi connectivity index (χ1v) is 7.25. The van der Waals surface area contributed by atoms with Crippen LogP contribution in [0.15, 0.2) is 11.2 Å². The third-order valence-electron chi connectivity index (χ3n) is 2.54. The zero-order valence-electron chi connectivity index (χ0n) is 12.0. The highest BCUT2D eigenvalue weighted by atomic mass is 32.2. The first kappa shape index (κ1) is 16.4. The van der Waals surface area contributed by atoms with Crippen LogP contribution in [0, 0.1) is 19.8 Å². The zero-order valence-corrected chi connectivity index (χ0v) is 12.8. The van der Waals surface area contributed by atoms with E-state index in [1.165, 1.54) is 11.8 Å². The van der Waals surface area contributed by atoms with E-state index in [0.717, 1.165) is 11.4 Å². The minimum absolute atomic E-state index is 0.0966. The van der Waals surface area contributed by atoms with Crippen LogP contribution in [0.1, 0.15) is 25.2 Å². The summed E-state index contributed by atoms with van der Waals surface area (Å²) in [7, 11) is 0. The number of thioether (sulfide) groups is 1. The molecule has 6 nitrogen and oxygen atoms in total. The van der Waals surface area contributed by atoms with Crippen LogP contribution in [-0.4, -0.2) is 38.7 Å². The number of amides is 1. The average molecular weight is 297 g/mol. The van der Waals surface area contributed by atoms with Crippen molar-refractivity contribution in [3.05, 3.63) is 17.5 Å². The maximum absolute atomic E-state index is 11.8. The summed E-state index contributed by atoms with van der Waals surface area (Å²) in [5.74, 6) is -1.43. The van der Waals surface area contributed by atoms with Crippen molar-refractivity contribution in [3.63, 3.8) is 0 Å². The molecule has 0 aliphatic carbocycles. The molecule has 110 valence electrons. The Morgan fingerprint density at radius 2 is 1.85 bits per heavy atom. The lowest BCUT2D eigenvalue weighted by atomic mass is 10.1. The Balaban J connectivity index is 2.56. The van der Waals surface area contributed by atoms with E-state index in [0.29, 0.717) is 5.16 Å². The molecule has 1 rings (SSSR count). The quantitative estimate of drug-likeness (QED) is 0.609. The van der Waals surface area contributed by atoms with E-state index in [2.05, 4.69) is 15.3 Å². The molecule has 0 aliphatic rings. The summed E-state index contributed by atoms with van der Waals surface area (Å²) in [5.41, 5.74) is 1.68. The van der Waals surface area contributed by atoms with Crippen LogP contribution in [0.5, 0.6) is 0 Å². The van der Waals surface area contributed by atoms with Gasteiger partial charge in [0.2, 0.25) is 5.91 Å². The van der Waals surface area contributed by atoms with Crippen LogP contribution in [0.4, 0.5) is 0 Å². The Labute approximate surface area is 122 Å². The Morgan fingerprint density at radius 3 is 2.30 bits per heavy atom. The lowest BCUT2D eigenvalue weighted by Crippen LogP contribution is -2.45. The van der Waals surface area contributed by atoms with Crippen molar-refractivity contribution < 1.29 is 14.7 Å². The standard InChI is InChI=1S/C13H19N3O3S/c1-7(2)11(12(18)19)16-10(17)6-20-13-14-8(3)5-9(4)15-13/h5,7,11H,6H2,1-4H3,(H,16,17)(H,18,19)/t11-/m0/s1. The lowest BCUT2D eigenvalue weighted by Gasteiger charge is -2.17. The normalized spacial score (nSPS) is 12.2. The van der Waals surface area contributed by atoms with Gasteiger partial charge >= 0.3 is 5.97 Å². The van der Waals surface area contributed by atoms with Gasteiger partial charge in [-0.1, -0.05) is 25.6 Å². The molecule has 0 aliphatic heterocycles. The van der Waals surface area contributed by atoms with Gasteiger partial charge < -0.3 is 10.4 Å². The van der Waals surface area contributed by atoms with Gasteiger partial charge in [-0.15, -0.1) is 0 Å². The molecule has 0 saturated heterocycles. The number of carbonyl (C=O) groups is 2. The molecule has 7 heteroatoms. The Kier molecular flexibility index (Phi) is 5.94. The Bertz CT molecular complexity index is 485. The van der Waals surface area contributed by atoms with E-state index < -0.39 is 12.0 Å². The molecule has 0 radical (unpaired) electrons. The highest BCUT2D eigenvalue weighted by Gasteiger charge is 2.23. The number of aliphatic carboxylic acids is 1. The van der Waals surface area contributed by atoms with E-state index in [1.54, 1.807) is 13.8 Å². The van der Waals surface area contributed by atoms with Crippen LogP contribution in [0.3, 0.4) is 0 Å². The molecule has 1 amide bonds. The predicted octanol–water partition coefficient (Wildman–Crippen LogP) is 1.41. The fourth-order valence-corrected chi connectivity index (χ4v) is 2.38. The Morgan fingerprint density at radius 1 is 1.30 bits per heavy atom. The number of carbonyl (C=O) groups excluding carboxylic acids is 1. The Hall–Kier alpha value is -1.63. The molecule has 1 heterocycles. The molecule has 1 atom stereocenters. The van der Waals surface area contributed by atoms with Gasteiger partial charge in [0, 0.05) is 11.4 Å². The summed E-state index contributed by atoms with van der Waals surface area (Å²) in [6.45, 7) is 7.22. The highest BCUT2D eigenvalue weighted by Crippen LogP contribution is 2.14. The third-order valence-corrected chi connectivity index (χ3v) is 3.39. The summed E-state index contributed by atoms with van der Waals surface area (Å²) in [6, 6.07) is 0.979. The number of carboxylic acid groups (broad SMARTS) is 1. The van der Waals surface area contributed by atoms with Gasteiger partial charge in [0.1, 0.15) is 6.04 Å². The summed E-state index contributed by atoms with van der Waals surface area (Å²) in [5, 5.41) is 12.0. The van der Waals surface area contributed by atoms with E-state index >= 15 is 0 Å². The van der Waals surface area contributed by atoms with Crippen LogP contribution in [-0.2, 0) is 9.59 Å². The maximum Gasteiger partial charge on any atom is 0.326 e. The molecule has 1 aromatic rings. The van der Waals surface area contributed by atoms with Gasteiger partial charge in [0.25, 0.3) is 0 Å². The van der Waals surface area contributed by atoms with Gasteiger partial charge in [-0.3, -0.25) is 4.79 Å². The lowest BCUT2D eigenvalue weighted by molar-refractivity contribution is -0.142. The van der Waals surface area contributed by atoms with Crippen LogP contribution >= 0.6 is 11.8 Å². The number of nitrogens with zero attached hydrogens (tertiary/aromatic N) is 2. The van der Waals surface area contributed by atoms with Crippen molar-refractivity contribution in [2.75, 3.05) is 5.75 Å². The molecule has 1 aromatic heterocycles. The van der Waals surface area contributed by atoms with Gasteiger partial charge in [-0.2, -0.15) is 0 Å². The monoisotopic (exact) mass is 297 g/mol. The molecule has 20 heavy (non-hydrogen) atoms. The number of aryl methyl sites for hydroxylation is 2. The number of carboxylic acids is 1. The topological polar surface area (TPSA) is 92.2 Å². The molecular weight excluding hydrogens is 278 g/mol. The molecule has 0 saturated carbocycles. The van der Waals surface area contributed by atoms with Crippen molar-refractivity contribution in [1.82, 2.24) is 15.3 Å². The summed E-state index contributed by atoms with van der Waals surface area (Å²) < 4.78 is 0. The molecule has 0 bridgehead atoms. The molecule has 0 unspecified atom stereocenters. The van der Waals surface area contributed by atoms with Crippen LogP contribution in [0.2, 0.25) is 0 Å². The maximum atomic E-state index is 11.8. The van der Waals surface area contributed by atoms with Gasteiger partial charge in [0.05, 0.1) is 5.75 Å². The van der Waals surface area contributed by atoms with E-state index in [-0.39, 0.29) is 17.6 Å². The van der Waals surface area contributed by atoms with Crippen LogP contribution < -0.4 is 5.32 Å². The third kappa shape index (κ3) is 5.16. The van der Waals surface area contributed by atoms with Crippen molar-refractivity contribution in [2.24, 2.45) is 5.92 Å². The largest absolute Gasteiger partial charge is 0.480 e. The molecule has 2 N–H and O–H groups in total. The number of hydrogen-bond acceptors (Lipinski definition) is 5.